The summed E-state index contributed by atoms with van der Waals surface area (Å²) in [6, 6.07) is 0. The van der Waals surface area contributed by atoms with Crippen LogP contribution in [0.4, 0.5) is 0 Å². The molecule has 2 nitrogen and oxygen atoms in total. The summed E-state index contributed by atoms with van der Waals surface area (Å²) in [4.78, 5) is 11.6. The van der Waals surface area contributed by atoms with Crippen LogP contribution in [0, 0.1) is 5.92 Å². The van der Waals surface area contributed by atoms with Gasteiger partial charge in [0.15, 0.2) is 0 Å². The van der Waals surface area contributed by atoms with Gasteiger partial charge >= 0.3 is 0 Å². The normalized spacial score (nSPS) is 21.7. The Morgan fingerprint density at radius 1 is 0.867 bits per heavy atom. The zero-order valence-corrected chi connectivity index (χ0v) is 10.1. The highest BCUT2D eigenvalue weighted by Gasteiger charge is 2.16. The van der Waals surface area contributed by atoms with Gasteiger partial charge in [-0.3, -0.25) is 4.79 Å². The molecule has 15 heavy (non-hydrogen) atoms. The van der Waals surface area contributed by atoms with Crippen LogP contribution in [0.3, 0.4) is 0 Å². The first kappa shape index (κ1) is 12.5. The zero-order valence-electron chi connectivity index (χ0n) is 10.1. The summed E-state index contributed by atoms with van der Waals surface area (Å²) in [6.45, 7) is 0. The molecule has 1 saturated carbocycles. The van der Waals surface area contributed by atoms with Crippen LogP contribution in [0.15, 0.2) is 0 Å². The van der Waals surface area contributed by atoms with Crippen LogP contribution < -0.4 is 5.32 Å². The molecule has 1 fully saturated rings. The molecule has 0 bridgehead atoms. The van der Waals surface area contributed by atoms with E-state index >= 15 is 0 Å². The third-order valence-electron chi connectivity index (χ3n) is 3.47. The molecule has 0 spiro atoms. The van der Waals surface area contributed by atoms with E-state index in [0.717, 1.165) is 12.8 Å². The molecule has 0 aromatic carbocycles. The first-order valence-electron chi connectivity index (χ1n) is 6.56. The van der Waals surface area contributed by atoms with E-state index < -0.39 is 0 Å². The number of carbonyl (C=O) groups excluding carboxylic acids is 1. The van der Waals surface area contributed by atoms with E-state index in [4.69, 9.17) is 0 Å². The second-order valence-electron chi connectivity index (χ2n) is 4.72. The zero-order chi connectivity index (χ0) is 10.9. The summed E-state index contributed by atoms with van der Waals surface area (Å²) in [5.74, 6) is 0.544. The van der Waals surface area contributed by atoms with E-state index in [1.165, 1.54) is 51.4 Å². The second kappa shape index (κ2) is 7.72. The Bertz CT molecular complexity index is 167. The lowest BCUT2D eigenvalue weighted by Gasteiger charge is -2.14. The molecule has 0 aromatic heterocycles. The minimum atomic E-state index is 0.259. The van der Waals surface area contributed by atoms with Crippen LogP contribution in [0.25, 0.3) is 0 Å². The topological polar surface area (TPSA) is 29.1 Å². The largest absolute Gasteiger partial charge is 0.359 e. The van der Waals surface area contributed by atoms with Crippen molar-refractivity contribution in [3.63, 3.8) is 0 Å². The van der Waals surface area contributed by atoms with E-state index in [9.17, 15) is 4.79 Å². The van der Waals surface area contributed by atoms with Gasteiger partial charge in [0, 0.05) is 13.0 Å². The maximum absolute atomic E-state index is 11.6. The molecule has 2 heteroatoms. The molecule has 0 aromatic rings. The molecular weight excluding hydrogens is 186 g/mol. The minimum Gasteiger partial charge on any atom is -0.359 e. The van der Waals surface area contributed by atoms with E-state index in [1.807, 2.05) is 0 Å². The molecule has 0 radical (unpaired) electrons. The molecule has 0 saturated heterocycles. The monoisotopic (exact) mass is 211 g/mol. The summed E-state index contributed by atoms with van der Waals surface area (Å²) in [6.07, 6.45) is 12.8. The van der Waals surface area contributed by atoms with Gasteiger partial charge in [0.25, 0.3) is 0 Å². The van der Waals surface area contributed by atoms with E-state index in [0.29, 0.717) is 0 Å². The molecule has 1 N–H and O–H groups in total. The van der Waals surface area contributed by atoms with Crippen LogP contribution in [0.2, 0.25) is 0 Å². The van der Waals surface area contributed by atoms with Crippen molar-refractivity contribution in [1.29, 1.82) is 0 Å². The highest BCUT2D eigenvalue weighted by atomic mass is 16.1. The molecule has 0 unspecified atom stereocenters. The SMILES string of the molecule is CNC(=O)C1CCCCCCCCCC1. The minimum absolute atomic E-state index is 0.259. The van der Waals surface area contributed by atoms with Crippen molar-refractivity contribution >= 4 is 5.91 Å². The Morgan fingerprint density at radius 3 is 1.67 bits per heavy atom. The lowest BCUT2D eigenvalue weighted by Crippen LogP contribution is -2.27. The van der Waals surface area contributed by atoms with Crippen molar-refractivity contribution in [2.75, 3.05) is 7.05 Å². The van der Waals surface area contributed by atoms with Crippen molar-refractivity contribution in [2.24, 2.45) is 5.92 Å². The number of hydrogen-bond acceptors (Lipinski definition) is 1. The molecule has 0 aliphatic heterocycles. The average Bonchev–Trinajstić information content (AvgIpc) is 2.32. The highest BCUT2D eigenvalue weighted by molar-refractivity contribution is 5.78. The van der Waals surface area contributed by atoms with Crippen LogP contribution in [-0.2, 0) is 4.79 Å². The predicted molar refractivity (Wildman–Crippen MR) is 63.7 cm³/mol. The first-order valence-corrected chi connectivity index (χ1v) is 6.56. The molecule has 1 aliphatic carbocycles. The van der Waals surface area contributed by atoms with E-state index in [2.05, 4.69) is 5.32 Å². The molecule has 1 aliphatic rings. The number of carbonyl (C=O) groups is 1. The molecule has 0 heterocycles. The van der Waals surface area contributed by atoms with E-state index in [-0.39, 0.29) is 11.8 Å². The Labute approximate surface area is 93.8 Å². The average molecular weight is 211 g/mol. The number of amides is 1. The van der Waals surface area contributed by atoms with Crippen molar-refractivity contribution < 1.29 is 4.79 Å². The quantitative estimate of drug-likeness (QED) is 0.708. The van der Waals surface area contributed by atoms with Crippen LogP contribution in [-0.4, -0.2) is 13.0 Å². The van der Waals surface area contributed by atoms with Gasteiger partial charge in [0.1, 0.15) is 0 Å². The molecule has 1 amide bonds. The summed E-state index contributed by atoms with van der Waals surface area (Å²) in [7, 11) is 1.76. The third-order valence-corrected chi connectivity index (χ3v) is 3.47. The molecule has 0 atom stereocenters. The van der Waals surface area contributed by atoms with Gasteiger partial charge in [-0.05, 0) is 12.8 Å². The standard InChI is InChI=1S/C13H25NO/c1-14-13(15)12-10-8-6-4-2-3-5-7-9-11-12/h12H,2-11H2,1H3,(H,14,15). The van der Waals surface area contributed by atoms with Crippen LogP contribution in [0.5, 0.6) is 0 Å². The highest BCUT2D eigenvalue weighted by Crippen LogP contribution is 2.21. The third kappa shape index (κ3) is 5.19. The van der Waals surface area contributed by atoms with Gasteiger partial charge in [-0.25, -0.2) is 0 Å². The molecule has 1 rings (SSSR count). The Balaban J connectivity index is 2.35. The summed E-state index contributed by atoms with van der Waals surface area (Å²) < 4.78 is 0. The second-order valence-corrected chi connectivity index (χ2v) is 4.72. The van der Waals surface area contributed by atoms with E-state index in [1.54, 1.807) is 7.05 Å². The van der Waals surface area contributed by atoms with Crippen molar-refractivity contribution in [3.8, 4) is 0 Å². The maximum Gasteiger partial charge on any atom is 0.222 e. The van der Waals surface area contributed by atoms with Crippen molar-refractivity contribution in [1.82, 2.24) is 5.32 Å². The summed E-state index contributed by atoms with van der Waals surface area (Å²) >= 11 is 0. The summed E-state index contributed by atoms with van der Waals surface area (Å²) in [5, 5.41) is 2.80. The van der Waals surface area contributed by atoms with Gasteiger partial charge in [-0.1, -0.05) is 51.4 Å². The lowest BCUT2D eigenvalue weighted by molar-refractivity contribution is -0.125. The van der Waals surface area contributed by atoms with Crippen molar-refractivity contribution in [2.45, 2.75) is 64.2 Å². The summed E-state index contributed by atoms with van der Waals surface area (Å²) in [5.41, 5.74) is 0. The van der Waals surface area contributed by atoms with Crippen LogP contribution in [0.1, 0.15) is 64.2 Å². The fourth-order valence-corrected chi connectivity index (χ4v) is 2.45. The Hall–Kier alpha value is -0.530. The fraction of sp³-hybridized carbons (Fsp3) is 0.923. The first-order chi connectivity index (χ1) is 7.34. The van der Waals surface area contributed by atoms with Crippen molar-refractivity contribution in [3.05, 3.63) is 0 Å². The predicted octanol–water partition coefficient (Wildman–Crippen LogP) is 3.26. The van der Waals surface area contributed by atoms with Gasteiger partial charge < -0.3 is 5.32 Å². The lowest BCUT2D eigenvalue weighted by atomic mass is 9.95. The van der Waals surface area contributed by atoms with Gasteiger partial charge in [0.2, 0.25) is 5.91 Å². The van der Waals surface area contributed by atoms with Crippen LogP contribution >= 0.6 is 0 Å². The smallest absolute Gasteiger partial charge is 0.222 e. The molecule has 88 valence electrons. The maximum atomic E-state index is 11.6. The van der Waals surface area contributed by atoms with Gasteiger partial charge in [-0.15, -0.1) is 0 Å². The van der Waals surface area contributed by atoms with Gasteiger partial charge in [-0.2, -0.15) is 0 Å². The number of rotatable bonds is 1. The molecular formula is C13H25NO. The van der Waals surface area contributed by atoms with Gasteiger partial charge in [0.05, 0.1) is 0 Å². The fourth-order valence-electron chi connectivity index (χ4n) is 2.45. The Morgan fingerprint density at radius 2 is 1.27 bits per heavy atom. The Kier molecular flexibility index (Phi) is 6.45. The number of nitrogens with one attached hydrogen (secondary N) is 1. The number of hydrogen-bond donors (Lipinski definition) is 1.